The molecular weight excluding hydrogens is 306 g/mol. The van der Waals surface area contributed by atoms with Gasteiger partial charge in [-0.25, -0.2) is 4.98 Å². The lowest BCUT2D eigenvalue weighted by molar-refractivity contribution is -0.120. The van der Waals surface area contributed by atoms with Crippen LogP contribution in [0.2, 0.25) is 0 Å². The molecule has 1 aromatic heterocycles. The second-order valence-corrected chi connectivity index (χ2v) is 7.76. The molecule has 0 aliphatic heterocycles. The van der Waals surface area contributed by atoms with Crippen molar-refractivity contribution in [3.63, 3.8) is 0 Å². The second-order valence-electron chi connectivity index (χ2n) is 6.79. The zero-order chi connectivity index (χ0) is 16.4. The van der Waals surface area contributed by atoms with Crippen LogP contribution in [0.4, 0.5) is 0 Å². The molecule has 0 radical (unpaired) electrons. The summed E-state index contributed by atoms with van der Waals surface area (Å²) in [5, 5.41) is 4.02. The highest BCUT2D eigenvalue weighted by Crippen LogP contribution is 2.29. The number of H-pyrrole nitrogens is 1. The number of aromatic nitrogens is 2. The third kappa shape index (κ3) is 3.89. The Hall–Kier alpha value is -1.49. The van der Waals surface area contributed by atoms with Gasteiger partial charge in [0, 0.05) is 6.04 Å². The summed E-state index contributed by atoms with van der Waals surface area (Å²) in [6.07, 6.45) is 3.60. The van der Waals surface area contributed by atoms with Gasteiger partial charge in [0.25, 0.3) is 0 Å². The van der Waals surface area contributed by atoms with Crippen molar-refractivity contribution in [3.8, 4) is 0 Å². The number of aryl methyl sites for hydroxylation is 1. The van der Waals surface area contributed by atoms with E-state index in [1.54, 1.807) is 0 Å². The number of carbonyl (C=O) groups is 1. The summed E-state index contributed by atoms with van der Waals surface area (Å²) in [6, 6.07) is 6.47. The molecule has 124 valence electrons. The number of thioether (sulfide) groups is 1. The van der Waals surface area contributed by atoms with E-state index in [9.17, 15) is 4.79 Å². The molecule has 1 aliphatic rings. The fourth-order valence-electron chi connectivity index (χ4n) is 3.34. The van der Waals surface area contributed by atoms with Crippen molar-refractivity contribution in [1.29, 1.82) is 0 Å². The largest absolute Gasteiger partial charge is 0.352 e. The first-order chi connectivity index (χ1) is 11.0. The maximum atomic E-state index is 12.2. The highest BCUT2D eigenvalue weighted by atomic mass is 32.2. The minimum absolute atomic E-state index is 0.109. The number of amides is 1. The summed E-state index contributed by atoms with van der Waals surface area (Å²) in [4.78, 5) is 20.0. The molecule has 2 aromatic rings. The van der Waals surface area contributed by atoms with Gasteiger partial charge in [0.1, 0.15) is 0 Å². The van der Waals surface area contributed by atoms with Crippen LogP contribution in [0.15, 0.2) is 23.4 Å². The minimum atomic E-state index is 0.109. The average Bonchev–Trinajstić information content (AvgIpc) is 2.92. The predicted molar refractivity (Wildman–Crippen MR) is 95.7 cm³/mol. The standard InChI is InChI=1S/C18H25N3OS/c1-11-7-8-15-16(9-11)21-18(20-15)23-10-17(22)19-14-6-4-5-12(2)13(14)3/h7-9,12-14H,4-6,10H2,1-3H3,(H,19,22)(H,20,21)/t12-,13+,14-/m1/s1. The quantitative estimate of drug-likeness (QED) is 0.835. The molecule has 0 bridgehead atoms. The van der Waals surface area contributed by atoms with Gasteiger partial charge in [0.2, 0.25) is 5.91 Å². The van der Waals surface area contributed by atoms with Gasteiger partial charge in [-0.2, -0.15) is 0 Å². The molecule has 3 atom stereocenters. The monoisotopic (exact) mass is 331 g/mol. The highest BCUT2D eigenvalue weighted by Gasteiger charge is 2.28. The third-order valence-corrected chi connectivity index (χ3v) is 5.88. The Morgan fingerprint density at radius 2 is 2.22 bits per heavy atom. The Morgan fingerprint density at radius 3 is 3.04 bits per heavy atom. The van der Waals surface area contributed by atoms with Gasteiger partial charge in [0.05, 0.1) is 16.8 Å². The Morgan fingerprint density at radius 1 is 1.39 bits per heavy atom. The molecule has 1 saturated carbocycles. The van der Waals surface area contributed by atoms with E-state index in [0.717, 1.165) is 22.6 Å². The maximum Gasteiger partial charge on any atom is 0.230 e. The van der Waals surface area contributed by atoms with Crippen LogP contribution >= 0.6 is 11.8 Å². The van der Waals surface area contributed by atoms with Crippen LogP contribution in [0.25, 0.3) is 11.0 Å². The number of benzene rings is 1. The van der Waals surface area contributed by atoms with Crippen LogP contribution in [0, 0.1) is 18.8 Å². The van der Waals surface area contributed by atoms with Crippen LogP contribution in [-0.4, -0.2) is 27.7 Å². The number of rotatable bonds is 4. The third-order valence-electron chi connectivity index (χ3n) is 5.01. The van der Waals surface area contributed by atoms with Crippen molar-refractivity contribution in [1.82, 2.24) is 15.3 Å². The molecule has 0 spiro atoms. The van der Waals surface area contributed by atoms with Gasteiger partial charge in [-0.15, -0.1) is 0 Å². The lowest BCUT2D eigenvalue weighted by atomic mass is 9.78. The van der Waals surface area contributed by atoms with Crippen LogP contribution in [0.5, 0.6) is 0 Å². The lowest BCUT2D eigenvalue weighted by Crippen LogP contribution is -2.44. The van der Waals surface area contributed by atoms with Crippen LogP contribution in [-0.2, 0) is 4.79 Å². The molecule has 1 amide bonds. The van der Waals surface area contributed by atoms with Gasteiger partial charge in [-0.05, 0) is 42.9 Å². The second kappa shape index (κ2) is 6.95. The number of hydrogen-bond donors (Lipinski definition) is 2. The Kier molecular flexibility index (Phi) is 4.95. The Balaban J connectivity index is 1.55. The molecule has 0 saturated heterocycles. The van der Waals surface area contributed by atoms with Crippen LogP contribution in [0.1, 0.15) is 38.7 Å². The summed E-state index contributed by atoms with van der Waals surface area (Å²) < 4.78 is 0. The molecule has 2 N–H and O–H groups in total. The molecule has 1 aliphatic carbocycles. The number of imidazole rings is 1. The van der Waals surface area contributed by atoms with E-state index in [-0.39, 0.29) is 5.91 Å². The molecule has 0 unspecified atom stereocenters. The maximum absolute atomic E-state index is 12.2. The summed E-state index contributed by atoms with van der Waals surface area (Å²) in [5.41, 5.74) is 3.19. The van der Waals surface area contributed by atoms with E-state index in [1.165, 1.54) is 30.2 Å². The van der Waals surface area contributed by atoms with E-state index in [2.05, 4.69) is 48.2 Å². The molecule has 23 heavy (non-hydrogen) atoms. The Labute approximate surface area is 141 Å². The van der Waals surface area contributed by atoms with Crippen molar-refractivity contribution >= 4 is 28.7 Å². The normalized spacial score (nSPS) is 24.7. The van der Waals surface area contributed by atoms with Crippen LogP contribution in [0.3, 0.4) is 0 Å². The average molecular weight is 331 g/mol. The molecule has 3 rings (SSSR count). The smallest absolute Gasteiger partial charge is 0.230 e. The first kappa shape index (κ1) is 16.4. The van der Waals surface area contributed by atoms with E-state index < -0.39 is 0 Å². The number of fused-ring (bicyclic) bond motifs is 1. The number of carbonyl (C=O) groups excluding carboxylic acids is 1. The first-order valence-electron chi connectivity index (χ1n) is 8.41. The molecule has 1 fully saturated rings. The molecular formula is C18H25N3OS. The van der Waals surface area contributed by atoms with Crippen molar-refractivity contribution in [2.24, 2.45) is 11.8 Å². The number of hydrogen-bond acceptors (Lipinski definition) is 3. The molecule has 1 aromatic carbocycles. The minimum Gasteiger partial charge on any atom is -0.352 e. The van der Waals surface area contributed by atoms with E-state index in [1.807, 2.05) is 6.07 Å². The molecule has 4 nitrogen and oxygen atoms in total. The van der Waals surface area contributed by atoms with Gasteiger partial charge >= 0.3 is 0 Å². The fraction of sp³-hybridized carbons (Fsp3) is 0.556. The van der Waals surface area contributed by atoms with Crippen molar-refractivity contribution in [2.45, 2.75) is 51.2 Å². The zero-order valence-corrected chi connectivity index (χ0v) is 14.9. The van der Waals surface area contributed by atoms with Crippen molar-refractivity contribution in [3.05, 3.63) is 23.8 Å². The van der Waals surface area contributed by atoms with E-state index in [4.69, 9.17) is 0 Å². The number of nitrogens with one attached hydrogen (secondary N) is 2. The SMILES string of the molecule is Cc1ccc2nc(SCC(=O)N[C@@H]3CCC[C@@H](C)[C@@H]3C)[nH]c2c1. The highest BCUT2D eigenvalue weighted by molar-refractivity contribution is 7.99. The summed E-state index contributed by atoms with van der Waals surface area (Å²) in [6.45, 7) is 6.60. The Bertz CT molecular complexity index is 697. The van der Waals surface area contributed by atoms with Crippen molar-refractivity contribution < 1.29 is 4.79 Å². The topological polar surface area (TPSA) is 57.8 Å². The number of aromatic amines is 1. The van der Waals surface area contributed by atoms with Crippen LogP contribution < -0.4 is 5.32 Å². The van der Waals surface area contributed by atoms with Gasteiger partial charge in [0.15, 0.2) is 5.16 Å². The fourth-order valence-corrected chi connectivity index (χ4v) is 4.03. The lowest BCUT2D eigenvalue weighted by Gasteiger charge is -2.34. The van der Waals surface area contributed by atoms with Crippen molar-refractivity contribution in [2.75, 3.05) is 5.75 Å². The van der Waals surface area contributed by atoms with Gasteiger partial charge in [-0.1, -0.05) is 44.5 Å². The van der Waals surface area contributed by atoms with Gasteiger partial charge in [-0.3, -0.25) is 4.79 Å². The first-order valence-corrected chi connectivity index (χ1v) is 9.40. The molecule has 5 heteroatoms. The zero-order valence-electron chi connectivity index (χ0n) is 14.1. The van der Waals surface area contributed by atoms with Gasteiger partial charge < -0.3 is 10.3 Å². The summed E-state index contributed by atoms with van der Waals surface area (Å²) in [5.74, 6) is 1.78. The summed E-state index contributed by atoms with van der Waals surface area (Å²) >= 11 is 1.47. The predicted octanol–water partition coefficient (Wildman–Crippen LogP) is 3.90. The molecule has 1 heterocycles. The summed E-state index contributed by atoms with van der Waals surface area (Å²) in [7, 11) is 0. The number of nitrogens with zero attached hydrogens (tertiary/aromatic N) is 1. The van der Waals surface area contributed by atoms with E-state index in [0.29, 0.717) is 23.6 Å². The van der Waals surface area contributed by atoms with E-state index >= 15 is 0 Å².